The van der Waals surface area contributed by atoms with E-state index in [1.54, 1.807) is 0 Å². The maximum Gasteiger partial charge on any atom is -0.00266 e. The third kappa shape index (κ3) is 3.76. The molecule has 7 rings (SSSR count). The molecule has 0 aliphatic carbocycles. The van der Waals surface area contributed by atoms with Gasteiger partial charge in [0, 0.05) is 0 Å². The Morgan fingerprint density at radius 1 is 0.487 bits per heavy atom. The van der Waals surface area contributed by atoms with Crippen molar-refractivity contribution in [3.63, 3.8) is 0 Å². The first-order valence-corrected chi connectivity index (χ1v) is 13.5. The number of benzene rings is 7. The van der Waals surface area contributed by atoms with Crippen LogP contribution < -0.4 is 0 Å². The van der Waals surface area contributed by atoms with E-state index in [2.05, 4.69) is 147 Å². The summed E-state index contributed by atoms with van der Waals surface area (Å²) in [6, 6.07) is 44.2. The lowest BCUT2D eigenvalue weighted by Crippen LogP contribution is -1.92. The van der Waals surface area contributed by atoms with Crippen LogP contribution >= 0.6 is 0 Å². The third-order valence-corrected chi connectivity index (χ3v) is 7.92. The fourth-order valence-corrected chi connectivity index (χ4v) is 6.14. The van der Waals surface area contributed by atoms with Gasteiger partial charge < -0.3 is 0 Å². The second-order valence-electron chi connectivity index (χ2n) is 10.1. The molecule has 0 saturated carbocycles. The Morgan fingerprint density at radius 3 is 1.77 bits per heavy atom. The molecule has 0 aliphatic rings. The van der Waals surface area contributed by atoms with E-state index in [4.69, 9.17) is 0 Å². The summed E-state index contributed by atoms with van der Waals surface area (Å²) in [5.41, 5.74) is 7.31. The third-order valence-electron chi connectivity index (χ3n) is 7.92. The first kappa shape index (κ1) is 23.2. The topological polar surface area (TPSA) is 0 Å². The van der Waals surface area contributed by atoms with Crippen molar-refractivity contribution in [2.45, 2.75) is 6.92 Å². The van der Waals surface area contributed by atoms with Crippen LogP contribution in [0, 0.1) is 0 Å². The summed E-state index contributed by atoms with van der Waals surface area (Å²) in [5, 5.41) is 10.1. The van der Waals surface area contributed by atoms with Crippen molar-refractivity contribution in [1.82, 2.24) is 0 Å². The normalized spacial score (nSPS) is 11.7. The smallest absolute Gasteiger partial charge is 0.00266 e. The van der Waals surface area contributed by atoms with Gasteiger partial charge in [0.2, 0.25) is 0 Å². The molecule has 0 saturated heterocycles. The summed E-state index contributed by atoms with van der Waals surface area (Å²) in [6.07, 6.45) is 6.36. The van der Waals surface area contributed by atoms with Crippen LogP contribution in [0.1, 0.15) is 18.1 Å². The van der Waals surface area contributed by atoms with Gasteiger partial charge in [-0.1, -0.05) is 134 Å². The van der Waals surface area contributed by atoms with Gasteiger partial charge in [-0.25, -0.2) is 0 Å². The van der Waals surface area contributed by atoms with E-state index in [9.17, 15) is 0 Å². The van der Waals surface area contributed by atoms with Gasteiger partial charge in [0.1, 0.15) is 0 Å². The van der Waals surface area contributed by atoms with Gasteiger partial charge in [-0.2, -0.15) is 0 Å². The van der Waals surface area contributed by atoms with Gasteiger partial charge in [0.25, 0.3) is 0 Å². The second kappa shape index (κ2) is 9.42. The Balaban J connectivity index is 1.43. The van der Waals surface area contributed by atoms with Crippen molar-refractivity contribution in [2.75, 3.05) is 0 Å². The van der Waals surface area contributed by atoms with Crippen LogP contribution in [-0.2, 0) is 0 Å². The van der Waals surface area contributed by atoms with E-state index in [1.165, 1.54) is 76.5 Å². The molecule has 39 heavy (non-hydrogen) atoms. The molecular weight excluding hydrogens is 468 g/mol. The van der Waals surface area contributed by atoms with Crippen LogP contribution in [0.4, 0.5) is 0 Å². The molecule has 0 bridgehead atoms. The summed E-state index contributed by atoms with van der Waals surface area (Å²) in [6.45, 7) is 6.32. The van der Waals surface area contributed by atoms with Crippen LogP contribution in [0.5, 0.6) is 0 Å². The fourth-order valence-electron chi connectivity index (χ4n) is 6.14. The average Bonchev–Trinajstić information content (AvgIpc) is 3.00. The SMILES string of the molecule is C=Cc1c(/C=C\C)c(-c2ccc(-c3cc4ccccc4c4ccccc34)cc2)cc2ccc3ccccc3c12. The zero-order valence-corrected chi connectivity index (χ0v) is 22.0. The van der Waals surface area contributed by atoms with Crippen molar-refractivity contribution in [3.05, 3.63) is 145 Å². The molecule has 0 aliphatic heterocycles. The molecule has 0 radical (unpaired) electrons. The van der Waals surface area contributed by atoms with Crippen molar-refractivity contribution in [1.29, 1.82) is 0 Å². The quantitative estimate of drug-likeness (QED) is 0.213. The summed E-state index contributed by atoms with van der Waals surface area (Å²) in [4.78, 5) is 0. The predicted molar refractivity (Wildman–Crippen MR) is 172 cm³/mol. The monoisotopic (exact) mass is 496 g/mol. The summed E-state index contributed by atoms with van der Waals surface area (Å²) in [7, 11) is 0. The van der Waals surface area contributed by atoms with Crippen LogP contribution in [0.2, 0.25) is 0 Å². The van der Waals surface area contributed by atoms with Crippen molar-refractivity contribution < 1.29 is 0 Å². The van der Waals surface area contributed by atoms with E-state index in [1.807, 2.05) is 6.08 Å². The van der Waals surface area contributed by atoms with Gasteiger partial charge in [-0.3, -0.25) is 0 Å². The highest BCUT2D eigenvalue weighted by atomic mass is 14.2. The lowest BCUT2D eigenvalue weighted by Gasteiger charge is -2.17. The molecule has 7 aromatic rings. The Hall–Kier alpha value is -4.94. The minimum Gasteiger partial charge on any atom is -0.0984 e. The van der Waals surface area contributed by atoms with Crippen LogP contribution in [0.15, 0.2) is 134 Å². The molecule has 0 N–H and O–H groups in total. The average molecular weight is 497 g/mol. The minimum absolute atomic E-state index is 1.18. The first-order chi connectivity index (χ1) is 19.3. The maximum absolute atomic E-state index is 4.24. The molecule has 0 nitrogen and oxygen atoms in total. The van der Waals surface area contributed by atoms with Gasteiger partial charge in [-0.15, -0.1) is 0 Å². The van der Waals surface area contributed by atoms with Crippen LogP contribution in [0.25, 0.3) is 77.5 Å². The number of allylic oxidation sites excluding steroid dienone is 1. The largest absolute Gasteiger partial charge is 0.0984 e. The molecule has 0 heteroatoms. The molecule has 0 unspecified atom stereocenters. The molecule has 0 amide bonds. The number of hydrogen-bond acceptors (Lipinski definition) is 0. The zero-order valence-electron chi connectivity index (χ0n) is 22.0. The Bertz CT molecular complexity index is 2070. The van der Waals surface area contributed by atoms with Gasteiger partial charge in [0.15, 0.2) is 0 Å². The molecule has 184 valence electrons. The van der Waals surface area contributed by atoms with Crippen molar-refractivity contribution in [2.24, 2.45) is 0 Å². The number of rotatable bonds is 4. The van der Waals surface area contributed by atoms with Crippen LogP contribution in [0.3, 0.4) is 0 Å². The minimum atomic E-state index is 1.18. The van der Waals surface area contributed by atoms with E-state index < -0.39 is 0 Å². The fraction of sp³-hybridized carbons (Fsp3) is 0.0256. The summed E-state index contributed by atoms with van der Waals surface area (Å²) >= 11 is 0. The van der Waals surface area contributed by atoms with Crippen molar-refractivity contribution in [3.8, 4) is 22.3 Å². The van der Waals surface area contributed by atoms with E-state index in [0.29, 0.717) is 0 Å². The van der Waals surface area contributed by atoms with E-state index in [0.717, 1.165) is 0 Å². The second-order valence-corrected chi connectivity index (χ2v) is 10.1. The molecule has 0 atom stereocenters. The number of fused-ring (bicyclic) bond motifs is 6. The standard InChI is InChI=1S/C39H28/c1-3-11-34-31(4-2)39-30(23-22-26-12-5-8-15-33(26)39)25-38(34)28-20-18-27(19-21-28)37-24-29-13-6-7-14-32(29)35-16-9-10-17-36(35)37/h3-25H,2H2,1H3/b11-3-. The predicted octanol–water partition coefficient (Wildman–Crippen LogP) is 11.3. The van der Waals surface area contributed by atoms with E-state index in [-0.39, 0.29) is 0 Å². The van der Waals surface area contributed by atoms with Crippen molar-refractivity contribution >= 4 is 55.2 Å². The van der Waals surface area contributed by atoms with Gasteiger partial charge in [-0.05, 0) is 95.5 Å². The Labute approximate surface area is 229 Å². The van der Waals surface area contributed by atoms with Gasteiger partial charge in [0.05, 0.1) is 0 Å². The molecular formula is C39H28. The summed E-state index contributed by atoms with van der Waals surface area (Å²) < 4.78 is 0. The lowest BCUT2D eigenvalue weighted by atomic mass is 9.87. The molecule has 7 aromatic carbocycles. The maximum atomic E-state index is 4.24. The van der Waals surface area contributed by atoms with E-state index >= 15 is 0 Å². The lowest BCUT2D eigenvalue weighted by molar-refractivity contribution is 1.59. The molecule has 0 aromatic heterocycles. The zero-order chi connectivity index (χ0) is 26.3. The van der Waals surface area contributed by atoms with Crippen LogP contribution in [-0.4, -0.2) is 0 Å². The highest BCUT2D eigenvalue weighted by molar-refractivity contribution is 6.15. The highest BCUT2D eigenvalue weighted by Crippen LogP contribution is 2.40. The Kier molecular flexibility index (Phi) is 5.60. The first-order valence-electron chi connectivity index (χ1n) is 13.5. The number of hydrogen-bond donors (Lipinski definition) is 0. The molecule has 0 spiro atoms. The Morgan fingerprint density at radius 2 is 1.05 bits per heavy atom. The van der Waals surface area contributed by atoms with Gasteiger partial charge >= 0.3 is 0 Å². The molecule has 0 heterocycles. The highest BCUT2D eigenvalue weighted by Gasteiger charge is 2.14. The summed E-state index contributed by atoms with van der Waals surface area (Å²) in [5.74, 6) is 0. The molecule has 0 fully saturated rings.